The highest BCUT2D eigenvalue weighted by molar-refractivity contribution is 7.30. The standard InChI is InChI=1S/C5H8.15CH4.HO3P/c1-3-5-4-2;;;;;;;;;;;;;;;;1-4(2)3/h3-5H,1H2,2H3;15*1H4;(H-,1,2,3)/p+1. The fourth-order valence-electron chi connectivity index (χ4n) is 0.136. The van der Waals surface area contributed by atoms with E-state index in [1.807, 2.05) is 19.1 Å². The van der Waals surface area contributed by atoms with Crippen molar-refractivity contribution in [1.82, 2.24) is 0 Å². The first-order valence-corrected chi connectivity index (χ1v) is 3.40. The van der Waals surface area contributed by atoms with Crippen molar-refractivity contribution in [2.45, 2.75) is 118 Å². The molecule has 3 nitrogen and oxygen atoms in total. The SMILES string of the molecule is C.C.C.C.C.C.C.C.C.C.C.C.C.C.C.C=CC=CC.O=[P+](O)O. The van der Waals surface area contributed by atoms with Gasteiger partial charge in [0.05, 0.1) is 0 Å². The molecular formula is C20H70O3P+. The largest absolute Gasteiger partial charge is 0.692 e. The van der Waals surface area contributed by atoms with Crippen molar-refractivity contribution >= 4 is 8.25 Å². The van der Waals surface area contributed by atoms with Gasteiger partial charge in [-0.15, -0.1) is 9.79 Å². The molecule has 0 aliphatic rings. The zero-order chi connectivity index (χ0) is 7.70. The van der Waals surface area contributed by atoms with Crippen molar-refractivity contribution < 1.29 is 14.4 Å². The maximum absolute atomic E-state index is 8.70. The molecule has 0 atom stereocenters. The lowest BCUT2D eigenvalue weighted by Crippen LogP contribution is -1.38. The van der Waals surface area contributed by atoms with Gasteiger partial charge in [-0.05, 0) is 6.92 Å². The monoisotopic (exact) mass is 390 g/mol. The molecule has 2 N–H and O–H groups in total. The molecule has 0 aromatic carbocycles. The fourth-order valence-corrected chi connectivity index (χ4v) is 0.136. The predicted molar refractivity (Wildman–Crippen MR) is 138 cm³/mol. The first-order chi connectivity index (χ1) is 4.15. The highest BCUT2D eigenvalue weighted by Crippen LogP contribution is 1.98. The minimum atomic E-state index is -2.87. The van der Waals surface area contributed by atoms with Crippen molar-refractivity contribution in [3.63, 3.8) is 0 Å². The van der Waals surface area contributed by atoms with Gasteiger partial charge in [0.15, 0.2) is 0 Å². The Morgan fingerprint density at radius 2 is 0.750 bits per heavy atom. The Bertz CT molecular complexity index is 111. The first kappa shape index (κ1) is 282. The van der Waals surface area contributed by atoms with E-state index in [-0.39, 0.29) is 111 Å². The van der Waals surface area contributed by atoms with E-state index in [1.54, 1.807) is 6.08 Å². The van der Waals surface area contributed by atoms with Gasteiger partial charge in [0.1, 0.15) is 0 Å². The van der Waals surface area contributed by atoms with Gasteiger partial charge in [0.25, 0.3) is 0 Å². The second-order valence-electron chi connectivity index (χ2n) is 1.01. The quantitative estimate of drug-likeness (QED) is 0.346. The lowest BCUT2D eigenvalue weighted by Gasteiger charge is -1.56. The van der Waals surface area contributed by atoms with Crippen LogP contribution in [0, 0.1) is 0 Å². The molecule has 0 heterocycles. The maximum atomic E-state index is 8.70. The summed E-state index contributed by atoms with van der Waals surface area (Å²) >= 11 is 0. The zero-order valence-electron chi connectivity index (χ0n) is 5.19. The van der Waals surface area contributed by atoms with E-state index in [0.29, 0.717) is 0 Å². The van der Waals surface area contributed by atoms with Crippen LogP contribution >= 0.6 is 8.25 Å². The molecule has 0 aliphatic heterocycles. The molecule has 0 fully saturated rings. The lowest BCUT2D eigenvalue weighted by atomic mass is 10.5. The minimum Gasteiger partial charge on any atom is -0.134 e. The Hall–Kier alpha value is -0.500. The normalized spacial score (nSPS) is 2.96. The van der Waals surface area contributed by atoms with Gasteiger partial charge < -0.3 is 0 Å². The second kappa shape index (κ2) is 344. The Morgan fingerprint density at radius 3 is 0.750 bits per heavy atom. The van der Waals surface area contributed by atoms with E-state index >= 15 is 0 Å². The van der Waals surface area contributed by atoms with Crippen LogP contribution in [0.15, 0.2) is 24.8 Å². The average Bonchev–Trinajstić information content (AvgIpc) is 1.66. The average molecular weight is 390 g/mol. The molecule has 0 saturated carbocycles. The summed E-state index contributed by atoms with van der Waals surface area (Å²) in [5, 5.41) is 0. The molecule has 0 rings (SSSR count). The van der Waals surface area contributed by atoms with Gasteiger partial charge in [-0.1, -0.05) is 136 Å². The highest BCUT2D eigenvalue weighted by Gasteiger charge is 1.93. The summed E-state index contributed by atoms with van der Waals surface area (Å²) in [6.07, 6.45) is 5.58. The Balaban J connectivity index is -0.00000000168. The summed E-state index contributed by atoms with van der Waals surface area (Å²) in [6, 6.07) is 0. The van der Waals surface area contributed by atoms with Crippen molar-refractivity contribution in [3.8, 4) is 0 Å². The van der Waals surface area contributed by atoms with Crippen LogP contribution in [0.2, 0.25) is 0 Å². The predicted octanol–water partition coefficient (Wildman–Crippen LogP) is 10.9. The summed E-state index contributed by atoms with van der Waals surface area (Å²) in [7, 11) is -2.87. The third-order valence-corrected chi connectivity index (χ3v) is 0.329. The summed E-state index contributed by atoms with van der Waals surface area (Å²) in [5.41, 5.74) is 0. The van der Waals surface area contributed by atoms with Crippen LogP contribution in [0.5, 0.6) is 0 Å². The third-order valence-electron chi connectivity index (χ3n) is 0.329. The number of hydrogen-bond donors (Lipinski definition) is 2. The van der Waals surface area contributed by atoms with Gasteiger partial charge in [-0.25, -0.2) is 0 Å². The molecule has 172 valence electrons. The molecule has 0 saturated heterocycles. The molecule has 0 unspecified atom stereocenters. The summed E-state index contributed by atoms with van der Waals surface area (Å²) in [4.78, 5) is 14.2. The molecule has 0 aromatic heterocycles. The maximum Gasteiger partial charge on any atom is 0.692 e. The van der Waals surface area contributed by atoms with Gasteiger partial charge in [-0.2, -0.15) is 0 Å². The summed E-state index contributed by atoms with van der Waals surface area (Å²) < 4.78 is 8.70. The molecular weight excluding hydrogens is 319 g/mol. The van der Waals surface area contributed by atoms with Crippen molar-refractivity contribution in [2.75, 3.05) is 0 Å². The van der Waals surface area contributed by atoms with E-state index in [2.05, 4.69) is 6.58 Å². The highest BCUT2D eigenvalue weighted by atomic mass is 31.1. The van der Waals surface area contributed by atoms with Crippen molar-refractivity contribution in [3.05, 3.63) is 24.8 Å². The molecule has 4 heteroatoms. The molecule has 0 bridgehead atoms. The van der Waals surface area contributed by atoms with Crippen LogP contribution in [0.4, 0.5) is 0 Å². The van der Waals surface area contributed by atoms with E-state index in [4.69, 9.17) is 14.4 Å². The first-order valence-electron chi connectivity index (χ1n) is 2.23. The Labute approximate surface area is 166 Å². The Kier molecular flexibility index (Phi) is 4030. The van der Waals surface area contributed by atoms with Crippen LogP contribution in [0.1, 0.15) is 118 Å². The van der Waals surface area contributed by atoms with Crippen LogP contribution < -0.4 is 0 Å². The van der Waals surface area contributed by atoms with E-state index in [9.17, 15) is 0 Å². The summed E-state index contributed by atoms with van der Waals surface area (Å²) in [5.74, 6) is 0. The van der Waals surface area contributed by atoms with Crippen LogP contribution in [-0.4, -0.2) is 9.79 Å². The van der Waals surface area contributed by atoms with E-state index < -0.39 is 8.25 Å². The van der Waals surface area contributed by atoms with Gasteiger partial charge in [0.2, 0.25) is 0 Å². The molecule has 0 aliphatic carbocycles. The molecule has 24 heavy (non-hydrogen) atoms. The summed E-state index contributed by atoms with van der Waals surface area (Å²) in [6.45, 7) is 5.42. The van der Waals surface area contributed by atoms with Crippen LogP contribution in [0.3, 0.4) is 0 Å². The van der Waals surface area contributed by atoms with Crippen LogP contribution in [0.25, 0.3) is 0 Å². The fraction of sp³-hybridized carbons (Fsp3) is 0.800. The number of rotatable bonds is 1. The van der Waals surface area contributed by atoms with Crippen LogP contribution in [-0.2, 0) is 4.57 Å². The van der Waals surface area contributed by atoms with Gasteiger partial charge >= 0.3 is 8.25 Å². The lowest BCUT2D eigenvalue weighted by molar-refractivity contribution is 0.405. The smallest absolute Gasteiger partial charge is 0.134 e. The van der Waals surface area contributed by atoms with Crippen molar-refractivity contribution in [2.24, 2.45) is 0 Å². The van der Waals surface area contributed by atoms with Gasteiger partial charge in [0, 0.05) is 4.57 Å². The Morgan fingerprint density at radius 1 is 0.625 bits per heavy atom. The molecule has 0 radical (unpaired) electrons. The topological polar surface area (TPSA) is 57.5 Å². The number of allylic oxidation sites excluding steroid dienone is 3. The zero-order valence-corrected chi connectivity index (χ0v) is 6.08. The molecule has 0 aromatic rings. The minimum absolute atomic E-state index is 0. The third kappa shape index (κ3) is 4020. The number of hydrogen-bond acceptors (Lipinski definition) is 1. The van der Waals surface area contributed by atoms with E-state index in [0.717, 1.165) is 0 Å². The van der Waals surface area contributed by atoms with Gasteiger partial charge in [-0.3, -0.25) is 0 Å². The molecule has 0 amide bonds. The van der Waals surface area contributed by atoms with Crippen molar-refractivity contribution in [1.29, 1.82) is 0 Å². The molecule has 0 spiro atoms. The van der Waals surface area contributed by atoms with E-state index in [1.165, 1.54) is 0 Å². The second-order valence-corrected chi connectivity index (χ2v) is 1.52.